The molecule has 0 saturated carbocycles. The molecule has 0 aromatic heterocycles. The van der Waals surface area contributed by atoms with Crippen LogP contribution in [0.15, 0.2) is 78.5 Å². The van der Waals surface area contributed by atoms with Crippen LogP contribution in [0, 0.1) is 0 Å². The molecule has 1 heterocycles. The summed E-state index contributed by atoms with van der Waals surface area (Å²) >= 11 is 6.03. The lowest BCUT2D eigenvalue weighted by Crippen LogP contribution is -2.32. The second-order valence-corrected chi connectivity index (χ2v) is 7.90. The number of nitrogens with zero attached hydrogens (tertiary/aromatic N) is 2. The lowest BCUT2D eigenvalue weighted by atomic mass is 10.0. The number of imide groups is 1. The van der Waals surface area contributed by atoms with Crippen molar-refractivity contribution in [3.63, 3.8) is 0 Å². The number of hydrogen-bond donors (Lipinski definition) is 1. The molecule has 0 bridgehead atoms. The minimum Gasteiger partial charge on any atom is -0.497 e. The molecule has 3 aromatic rings. The number of amides is 2. The number of methoxy groups -OCH3 is 1. The molecule has 6 nitrogen and oxygen atoms in total. The van der Waals surface area contributed by atoms with Crippen molar-refractivity contribution >= 4 is 46.1 Å². The Morgan fingerprint density at radius 1 is 0.844 bits per heavy atom. The van der Waals surface area contributed by atoms with Crippen molar-refractivity contribution in [2.75, 3.05) is 36.3 Å². The molecule has 0 aliphatic carbocycles. The third-order valence-electron chi connectivity index (χ3n) is 5.20. The average molecular weight is 448 g/mol. The Hall–Kier alpha value is -3.77. The first-order valence-corrected chi connectivity index (χ1v) is 10.3. The van der Waals surface area contributed by atoms with Crippen LogP contribution in [0.1, 0.15) is 5.56 Å². The maximum Gasteiger partial charge on any atom is 0.282 e. The van der Waals surface area contributed by atoms with Crippen LogP contribution in [0.4, 0.5) is 17.1 Å². The molecule has 162 valence electrons. The van der Waals surface area contributed by atoms with E-state index in [1.165, 1.54) is 4.90 Å². The van der Waals surface area contributed by atoms with Gasteiger partial charge < -0.3 is 15.0 Å². The number of benzene rings is 3. The van der Waals surface area contributed by atoms with Crippen LogP contribution < -0.4 is 19.9 Å². The van der Waals surface area contributed by atoms with Crippen LogP contribution in [0.25, 0.3) is 5.57 Å². The van der Waals surface area contributed by atoms with E-state index in [9.17, 15) is 9.59 Å². The first-order valence-electron chi connectivity index (χ1n) is 9.96. The van der Waals surface area contributed by atoms with E-state index < -0.39 is 11.8 Å². The van der Waals surface area contributed by atoms with Crippen molar-refractivity contribution in [1.82, 2.24) is 0 Å². The van der Waals surface area contributed by atoms with Gasteiger partial charge in [0.25, 0.3) is 11.8 Å². The van der Waals surface area contributed by atoms with Crippen LogP contribution in [-0.4, -0.2) is 33.0 Å². The molecule has 0 atom stereocenters. The van der Waals surface area contributed by atoms with Crippen molar-refractivity contribution in [2.45, 2.75) is 0 Å². The summed E-state index contributed by atoms with van der Waals surface area (Å²) in [6, 6.07) is 21.3. The maximum absolute atomic E-state index is 13.5. The van der Waals surface area contributed by atoms with Gasteiger partial charge in [-0.15, -0.1) is 0 Å². The molecule has 7 heteroatoms. The van der Waals surface area contributed by atoms with Gasteiger partial charge in [-0.1, -0.05) is 23.7 Å². The van der Waals surface area contributed by atoms with Gasteiger partial charge in [-0.2, -0.15) is 0 Å². The fourth-order valence-corrected chi connectivity index (χ4v) is 3.61. The number of halogens is 1. The number of nitrogens with one attached hydrogen (secondary N) is 1. The van der Waals surface area contributed by atoms with Gasteiger partial charge in [-0.25, -0.2) is 4.90 Å². The minimum atomic E-state index is -0.423. The molecule has 32 heavy (non-hydrogen) atoms. The Bertz CT molecular complexity index is 1180. The standard InChI is InChI=1S/C25H22ClN3O3/c1-28(2)19-10-12-20(13-11-19)29-24(30)22(16-4-6-17(26)7-5-16)23(25(29)31)27-18-8-14-21(32-3)15-9-18/h4-15,27H,1-3H3. The molecule has 4 rings (SSSR count). The number of rotatable bonds is 6. The number of anilines is 3. The number of carbonyl (C=O) groups is 2. The highest BCUT2D eigenvalue weighted by Crippen LogP contribution is 2.35. The summed E-state index contributed by atoms with van der Waals surface area (Å²) in [4.78, 5) is 30.0. The predicted octanol–water partition coefficient (Wildman–Crippen LogP) is 4.81. The van der Waals surface area contributed by atoms with Crippen LogP contribution in [0.3, 0.4) is 0 Å². The van der Waals surface area contributed by atoms with E-state index in [0.29, 0.717) is 33.3 Å². The van der Waals surface area contributed by atoms with Crippen LogP contribution >= 0.6 is 11.6 Å². The SMILES string of the molecule is COc1ccc(NC2=C(c3ccc(Cl)cc3)C(=O)N(c3ccc(N(C)C)cc3)C2=O)cc1. The Kier molecular flexibility index (Phi) is 5.88. The van der Waals surface area contributed by atoms with Gasteiger partial charge in [0, 0.05) is 30.5 Å². The van der Waals surface area contributed by atoms with Gasteiger partial charge in [0.1, 0.15) is 11.4 Å². The minimum absolute atomic E-state index is 0.208. The maximum atomic E-state index is 13.5. The van der Waals surface area contributed by atoms with Gasteiger partial charge in [-0.05, 0) is 66.2 Å². The third kappa shape index (κ3) is 4.05. The quantitative estimate of drug-likeness (QED) is 0.549. The zero-order valence-corrected chi connectivity index (χ0v) is 18.7. The van der Waals surface area contributed by atoms with Gasteiger partial charge in [0.2, 0.25) is 0 Å². The van der Waals surface area contributed by atoms with E-state index in [1.54, 1.807) is 67.8 Å². The number of hydrogen-bond acceptors (Lipinski definition) is 5. The molecular weight excluding hydrogens is 426 g/mol. The molecule has 1 N–H and O–H groups in total. The summed E-state index contributed by atoms with van der Waals surface area (Å²) in [6.07, 6.45) is 0. The molecule has 0 saturated heterocycles. The fourth-order valence-electron chi connectivity index (χ4n) is 3.48. The first-order chi connectivity index (χ1) is 15.4. The van der Waals surface area contributed by atoms with Gasteiger partial charge in [0.15, 0.2) is 0 Å². The smallest absolute Gasteiger partial charge is 0.282 e. The third-order valence-corrected chi connectivity index (χ3v) is 5.45. The molecule has 0 radical (unpaired) electrons. The normalized spacial score (nSPS) is 13.6. The summed E-state index contributed by atoms with van der Waals surface area (Å²) in [7, 11) is 5.44. The topological polar surface area (TPSA) is 61.9 Å². The Morgan fingerprint density at radius 2 is 1.47 bits per heavy atom. The van der Waals surface area contributed by atoms with E-state index in [0.717, 1.165) is 5.69 Å². The van der Waals surface area contributed by atoms with Crippen molar-refractivity contribution in [3.8, 4) is 5.75 Å². The molecule has 1 aliphatic heterocycles. The number of carbonyl (C=O) groups excluding carboxylic acids is 2. The van der Waals surface area contributed by atoms with Crippen LogP contribution in [0.5, 0.6) is 5.75 Å². The Balaban J connectivity index is 1.76. The average Bonchev–Trinajstić information content (AvgIpc) is 3.04. The highest BCUT2D eigenvalue weighted by atomic mass is 35.5. The zero-order chi connectivity index (χ0) is 22.8. The number of ether oxygens (including phenoxy) is 1. The second kappa shape index (κ2) is 8.77. The van der Waals surface area contributed by atoms with Crippen LogP contribution in [-0.2, 0) is 9.59 Å². The molecule has 3 aromatic carbocycles. The summed E-state index contributed by atoms with van der Waals surface area (Å²) in [5, 5.41) is 3.68. The highest BCUT2D eigenvalue weighted by Gasteiger charge is 2.40. The Morgan fingerprint density at radius 3 is 2.03 bits per heavy atom. The van der Waals surface area contributed by atoms with Crippen LogP contribution in [0.2, 0.25) is 5.02 Å². The highest BCUT2D eigenvalue weighted by molar-refractivity contribution is 6.46. The van der Waals surface area contributed by atoms with Crippen molar-refractivity contribution in [3.05, 3.63) is 89.1 Å². The second-order valence-electron chi connectivity index (χ2n) is 7.47. The molecule has 2 amide bonds. The van der Waals surface area contributed by atoms with E-state index >= 15 is 0 Å². The summed E-state index contributed by atoms with van der Waals surface area (Å²) in [5.74, 6) is -0.127. The molecule has 0 unspecified atom stereocenters. The van der Waals surface area contributed by atoms with E-state index in [-0.39, 0.29) is 5.70 Å². The van der Waals surface area contributed by atoms with E-state index in [4.69, 9.17) is 16.3 Å². The predicted molar refractivity (Wildman–Crippen MR) is 128 cm³/mol. The molecule has 1 aliphatic rings. The van der Waals surface area contributed by atoms with Gasteiger partial charge in [0.05, 0.1) is 18.4 Å². The lowest BCUT2D eigenvalue weighted by Gasteiger charge is -2.18. The first kappa shape index (κ1) is 21.5. The van der Waals surface area contributed by atoms with E-state index in [2.05, 4.69) is 5.32 Å². The zero-order valence-electron chi connectivity index (χ0n) is 17.9. The largest absolute Gasteiger partial charge is 0.497 e. The van der Waals surface area contributed by atoms with Crippen molar-refractivity contribution in [1.29, 1.82) is 0 Å². The molecule has 0 spiro atoms. The Labute approximate surface area is 191 Å². The monoisotopic (exact) mass is 447 g/mol. The lowest BCUT2D eigenvalue weighted by molar-refractivity contribution is -0.120. The summed E-state index contributed by atoms with van der Waals surface area (Å²) < 4.78 is 5.20. The summed E-state index contributed by atoms with van der Waals surface area (Å²) in [5.41, 5.74) is 3.24. The fraction of sp³-hybridized carbons (Fsp3) is 0.120. The molecule has 0 fully saturated rings. The van der Waals surface area contributed by atoms with Gasteiger partial charge >= 0.3 is 0 Å². The van der Waals surface area contributed by atoms with E-state index in [1.807, 2.05) is 31.1 Å². The van der Waals surface area contributed by atoms with Gasteiger partial charge in [-0.3, -0.25) is 9.59 Å². The molecular formula is C25H22ClN3O3. The summed E-state index contributed by atoms with van der Waals surface area (Å²) in [6.45, 7) is 0. The van der Waals surface area contributed by atoms with Crippen molar-refractivity contribution < 1.29 is 14.3 Å². The van der Waals surface area contributed by atoms with Crippen molar-refractivity contribution in [2.24, 2.45) is 0 Å².